The number of benzene rings is 1. The van der Waals surface area contributed by atoms with Gasteiger partial charge in [0.15, 0.2) is 5.69 Å². The normalized spacial score (nSPS) is 11.4. The van der Waals surface area contributed by atoms with Gasteiger partial charge in [0.2, 0.25) is 0 Å². The highest BCUT2D eigenvalue weighted by Crippen LogP contribution is 2.27. The molecule has 19 heavy (non-hydrogen) atoms. The molecule has 0 fully saturated rings. The predicted molar refractivity (Wildman–Crippen MR) is 74.2 cm³/mol. The maximum Gasteiger partial charge on any atom is 0.186 e. The van der Waals surface area contributed by atoms with Gasteiger partial charge < -0.3 is 0 Å². The molecule has 0 amide bonds. The number of hydrogen-bond acceptors (Lipinski definition) is 3. The number of hydrogen-bond donors (Lipinski definition) is 0. The van der Waals surface area contributed by atoms with Crippen LogP contribution in [0, 0.1) is 25.2 Å². The van der Waals surface area contributed by atoms with Crippen LogP contribution in [0.15, 0.2) is 18.2 Å². The molecule has 2 aromatic rings. The second kappa shape index (κ2) is 4.51. The molecule has 0 bridgehead atoms. The van der Waals surface area contributed by atoms with E-state index in [4.69, 9.17) is 0 Å². The molecular formula is C15H18N4. The van der Waals surface area contributed by atoms with E-state index in [2.05, 4.69) is 69.2 Å². The van der Waals surface area contributed by atoms with E-state index in [1.807, 2.05) is 0 Å². The van der Waals surface area contributed by atoms with Crippen molar-refractivity contribution >= 4 is 0 Å². The van der Waals surface area contributed by atoms with Gasteiger partial charge in [-0.2, -0.15) is 5.26 Å². The van der Waals surface area contributed by atoms with Gasteiger partial charge in [-0.15, -0.1) is 5.10 Å². The van der Waals surface area contributed by atoms with Gasteiger partial charge in [-0.25, -0.2) is 4.68 Å². The topological polar surface area (TPSA) is 54.5 Å². The summed E-state index contributed by atoms with van der Waals surface area (Å²) >= 11 is 0. The summed E-state index contributed by atoms with van der Waals surface area (Å²) in [5.41, 5.74) is 4.35. The van der Waals surface area contributed by atoms with E-state index >= 15 is 0 Å². The van der Waals surface area contributed by atoms with Gasteiger partial charge in [-0.05, 0) is 37.1 Å². The van der Waals surface area contributed by atoms with Gasteiger partial charge in [-0.1, -0.05) is 32.1 Å². The summed E-state index contributed by atoms with van der Waals surface area (Å²) in [6.07, 6.45) is 0. The van der Waals surface area contributed by atoms with Crippen LogP contribution < -0.4 is 0 Å². The SMILES string of the molecule is Cc1cc(C)cc(-n2nnc(C#N)c2C(C)(C)C)c1. The van der Waals surface area contributed by atoms with Gasteiger partial charge in [0.25, 0.3) is 0 Å². The maximum atomic E-state index is 9.19. The maximum absolute atomic E-state index is 9.19. The number of aryl methyl sites for hydroxylation is 2. The van der Waals surface area contributed by atoms with E-state index in [1.54, 1.807) is 4.68 Å². The van der Waals surface area contributed by atoms with Gasteiger partial charge >= 0.3 is 0 Å². The number of rotatable bonds is 1. The highest BCUT2D eigenvalue weighted by Gasteiger charge is 2.26. The van der Waals surface area contributed by atoms with E-state index in [-0.39, 0.29) is 5.41 Å². The van der Waals surface area contributed by atoms with Crippen molar-refractivity contribution in [3.63, 3.8) is 0 Å². The molecule has 1 aromatic carbocycles. The Kier molecular flexibility index (Phi) is 3.15. The minimum atomic E-state index is -0.188. The fraction of sp³-hybridized carbons (Fsp3) is 0.400. The molecule has 4 nitrogen and oxygen atoms in total. The Morgan fingerprint density at radius 2 is 1.68 bits per heavy atom. The summed E-state index contributed by atoms with van der Waals surface area (Å²) in [4.78, 5) is 0. The molecule has 2 rings (SSSR count). The molecule has 0 aliphatic rings. The van der Waals surface area contributed by atoms with E-state index in [0.717, 1.165) is 11.4 Å². The van der Waals surface area contributed by atoms with Crippen LogP contribution in [0.2, 0.25) is 0 Å². The summed E-state index contributed by atoms with van der Waals surface area (Å²) < 4.78 is 1.78. The number of aromatic nitrogens is 3. The van der Waals surface area contributed by atoms with Crippen molar-refractivity contribution in [3.8, 4) is 11.8 Å². The number of nitrogens with zero attached hydrogens (tertiary/aromatic N) is 4. The first kappa shape index (κ1) is 13.3. The summed E-state index contributed by atoms with van der Waals surface area (Å²) in [7, 11) is 0. The second-order valence-corrected chi connectivity index (χ2v) is 5.91. The second-order valence-electron chi connectivity index (χ2n) is 5.91. The lowest BCUT2D eigenvalue weighted by molar-refractivity contribution is 0.541. The molecule has 0 aliphatic carbocycles. The minimum absolute atomic E-state index is 0.188. The van der Waals surface area contributed by atoms with Crippen molar-refractivity contribution in [2.45, 2.75) is 40.0 Å². The predicted octanol–water partition coefficient (Wildman–Crippen LogP) is 3.05. The molecule has 0 saturated heterocycles. The molecular weight excluding hydrogens is 236 g/mol. The molecule has 0 atom stereocenters. The Bertz CT molecular complexity index is 634. The summed E-state index contributed by atoms with van der Waals surface area (Å²) in [5.74, 6) is 0. The monoisotopic (exact) mass is 254 g/mol. The Morgan fingerprint density at radius 3 is 2.16 bits per heavy atom. The Balaban J connectivity index is 2.70. The highest BCUT2D eigenvalue weighted by molar-refractivity contribution is 5.43. The fourth-order valence-electron chi connectivity index (χ4n) is 2.28. The molecule has 0 aliphatic heterocycles. The van der Waals surface area contributed by atoms with Crippen LogP contribution in [-0.4, -0.2) is 15.0 Å². The molecule has 0 saturated carbocycles. The third-order valence-corrected chi connectivity index (χ3v) is 2.94. The quantitative estimate of drug-likeness (QED) is 0.786. The van der Waals surface area contributed by atoms with Crippen LogP contribution in [-0.2, 0) is 5.41 Å². The summed E-state index contributed by atoms with van der Waals surface area (Å²) in [6.45, 7) is 10.3. The zero-order valence-corrected chi connectivity index (χ0v) is 12.0. The first-order valence-corrected chi connectivity index (χ1v) is 6.28. The van der Waals surface area contributed by atoms with Gasteiger partial charge in [0.05, 0.1) is 11.4 Å². The smallest absolute Gasteiger partial charge is 0.186 e. The Labute approximate surface area is 113 Å². The van der Waals surface area contributed by atoms with Crippen molar-refractivity contribution in [3.05, 3.63) is 40.7 Å². The standard InChI is InChI=1S/C15H18N4/c1-10-6-11(2)8-12(7-10)19-14(15(3,4)5)13(9-16)17-18-19/h6-8H,1-5H3. The third-order valence-electron chi connectivity index (χ3n) is 2.94. The lowest BCUT2D eigenvalue weighted by Crippen LogP contribution is -2.19. The van der Waals surface area contributed by atoms with Gasteiger partial charge in [0, 0.05) is 5.41 Å². The van der Waals surface area contributed by atoms with Crippen LogP contribution in [0.4, 0.5) is 0 Å². The zero-order valence-electron chi connectivity index (χ0n) is 12.0. The highest BCUT2D eigenvalue weighted by atomic mass is 15.4. The number of nitriles is 1. The van der Waals surface area contributed by atoms with E-state index in [9.17, 15) is 5.26 Å². The van der Waals surface area contributed by atoms with Gasteiger partial charge in [-0.3, -0.25) is 0 Å². The van der Waals surface area contributed by atoms with Crippen molar-refractivity contribution < 1.29 is 0 Å². The van der Waals surface area contributed by atoms with Crippen molar-refractivity contribution in [2.24, 2.45) is 0 Å². The lowest BCUT2D eigenvalue weighted by atomic mass is 9.90. The average Bonchev–Trinajstić information content (AvgIpc) is 2.70. The van der Waals surface area contributed by atoms with Crippen LogP contribution in [0.25, 0.3) is 5.69 Å². The van der Waals surface area contributed by atoms with Crippen molar-refractivity contribution in [1.29, 1.82) is 5.26 Å². The van der Waals surface area contributed by atoms with Crippen LogP contribution >= 0.6 is 0 Å². The van der Waals surface area contributed by atoms with Crippen LogP contribution in [0.3, 0.4) is 0 Å². The minimum Gasteiger partial charge on any atom is -0.216 e. The third kappa shape index (κ3) is 2.50. The molecule has 0 unspecified atom stereocenters. The summed E-state index contributed by atoms with van der Waals surface area (Å²) in [6, 6.07) is 8.35. The van der Waals surface area contributed by atoms with E-state index in [1.165, 1.54) is 11.1 Å². The van der Waals surface area contributed by atoms with Crippen LogP contribution in [0.5, 0.6) is 0 Å². The molecule has 4 heteroatoms. The molecule has 1 aromatic heterocycles. The molecule has 0 radical (unpaired) electrons. The molecule has 0 N–H and O–H groups in total. The zero-order chi connectivity index (χ0) is 14.2. The van der Waals surface area contributed by atoms with Gasteiger partial charge in [0.1, 0.15) is 6.07 Å². The lowest BCUT2D eigenvalue weighted by Gasteiger charge is -2.20. The molecule has 0 spiro atoms. The first-order valence-electron chi connectivity index (χ1n) is 6.28. The van der Waals surface area contributed by atoms with E-state index < -0.39 is 0 Å². The summed E-state index contributed by atoms with van der Waals surface area (Å²) in [5, 5.41) is 17.3. The van der Waals surface area contributed by atoms with Crippen molar-refractivity contribution in [1.82, 2.24) is 15.0 Å². The fourth-order valence-corrected chi connectivity index (χ4v) is 2.28. The Hall–Kier alpha value is -2.15. The molecule has 98 valence electrons. The van der Waals surface area contributed by atoms with Crippen molar-refractivity contribution in [2.75, 3.05) is 0 Å². The Morgan fingerprint density at radius 1 is 1.11 bits per heavy atom. The first-order chi connectivity index (χ1) is 8.82. The van der Waals surface area contributed by atoms with E-state index in [0.29, 0.717) is 5.69 Å². The average molecular weight is 254 g/mol. The molecule has 1 heterocycles. The largest absolute Gasteiger partial charge is 0.216 e. The van der Waals surface area contributed by atoms with Crippen LogP contribution in [0.1, 0.15) is 43.3 Å².